The molecule has 0 saturated carbocycles. The smallest absolute Gasteiger partial charge is 0.185 e. The van der Waals surface area contributed by atoms with Gasteiger partial charge in [-0.1, -0.05) is 56.2 Å². The maximum Gasteiger partial charge on any atom is 0.185 e. The molecular formula is C31H45N3O11. The van der Waals surface area contributed by atoms with Crippen LogP contribution in [0.3, 0.4) is 0 Å². The highest BCUT2D eigenvalue weighted by Crippen LogP contribution is 2.42. The molecule has 5 fully saturated rings. The molecule has 5 aliphatic rings. The molecule has 1 aromatic rings. The summed E-state index contributed by atoms with van der Waals surface area (Å²) in [5.41, 5.74) is 10.1. The first kappa shape index (κ1) is 33.0. The molecule has 0 spiro atoms. The third-order valence-electron chi connectivity index (χ3n) is 9.88. The lowest BCUT2D eigenvalue weighted by molar-refractivity contribution is -0.375. The van der Waals surface area contributed by atoms with Gasteiger partial charge in [0.1, 0.15) is 36.6 Å². The second-order valence-corrected chi connectivity index (χ2v) is 12.5. The van der Waals surface area contributed by atoms with Crippen molar-refractivity contribution in [2.24, 2.45) is 22.9 Å². The molecule has 14 nitrogen and oxygen atoms in total. The molecule has 7 unspecified atom stereocenters. The minimum atomic E-state index is -0.816. The first-order chi connectivity index (χ1) is 21.9. The van der Waals surface area contributed by atoms with E-state index in [0.29, 0.717) is 6.61 Å². The summed E-state index contributed by atoms with van der Waals surface area (Å²) in [6.45, 7) is 7.25. The molecule has 5 saturated heterocycles. The van der Waals surface area contributed by atoms with E-state index in [0.717, 1.165) is 5.56 Å². The number of nitrogens with zero attached hydrogens (tertiary/aromatic N) is 3. The summed E-state index contributed by atoms with van der Waals surface area (Å²) in [4.78, 5) is 2.97. The van der Waals surface area contributed by atoms with E-state index >= 15 is 0 Å². The third kappa shape index (κ3) is 6.49. The van der Waals surface area contributed by atoms with E-state index in [1.807, 2.05) is 37.3 Å². The van der Waals surface area contributed by atoms with Gasteiger partial charge in [0.2, 0.25) is 0 Å². The molecule has 14 heteroatoms. The Kier molecular flexibility index (Phi) is 10.6. The van der Waals surface area contributed by atoms with Gasteiger partial charge in [-0.25, -0.2) is 0 Å². The lowest BCUT2D eigenvalue weighted by atomic mass is 9.83. The Hall–Kier alpha value is -1.91. The van der Waals surface area contributed by atoms with E-state index < -0.39 is 67.8 Å². The lowest BCUT2D eigenvalue weighted by Gasteiger charge is -2.51. The van der Waals surface area contributed by atoms with Crippen molar-refractivity contribution in [3.63, 3.8) is 0 Å². The van der Waals surface area contributed by atoms with Crippen LogP contribution < -0.4 is 0 Å². The number of methoxy groups -OCH3 is 3. The van der Waals surface area contributed by atoms with Crippen LogP contribution in [0, 0.1) is 17.8 Å². The fourth-order valence-electron chi connectivity index (χ4n) is 7.24. The number of hydrogen-bond acceptors (Lipinski definition) is 12. The summed E-state index contributed by atoms with van der Waals surface area (Å²) in [5, 5.41) is 3.88. The minimum absolute atomic E-state index is 0.0147. The Morgan fingerprint density at radius 2 is 1.51 bits per heavy atom. The predicted molar refractivity (Wildman–Crippen MR) is 156 cm³/mol. The Morgan fingerprint density at radius 3 is 2.22 bits per heavy atom. The summed E-state index contributed by atoms with van der Waals surface area (Å²) >= 11 is 0. The molecule has 0 N–H and O–H groups in total. The summed E-state index contributed by atoms with van der Waals surface area (Å²) in [6, 6.07) is 9.22. The maximum absolute atomic E-state index is 9.15. The predicted octanol–water partition coefficient (Wildman–Crippen LogP) is 3.34. The number of benzene rings is 1. The molecule has 0 aliphatic carbocycles. The largest absolute Gasteiger partial charge is 0.382 e. The topological polar surface area (TPSA) is 150 Å². The minimum Gasteiger partial charge on any atom is -0.382 e. The number of fused-ring (bicyclic) bond motifs is 3. The van der Waals surface area contributed by atoms with Crippen molar-refractivity contribution in [1.82, 2.24) is 0 Å². The van der Waals surface area contributed by atoms with Gasteiger partial charge in [0, 0.05) is 43.6 Å². The molecular weight excluding hydrogens is 590 g/mol. The molecule has 5 heterocycles. The van der Waals surface area contributed by atoms with Crippen molar-refractivity contribution < 1.29 is 52.1 Å². The van der Waals surface area contributed by atoms with E-state index in [1.165, 1.54) is 0 Å². The number of hydrogen-bond donors (Lipinski definition) is 0. The molecule has 45 heavy (non-hydrogen) atoms. The van der Waals surface area contributed by atoms with Crippen LogP contribution in [0.5, 0.6) is 0 Å². The Bertz CT molecular complexity index is 1160. The van der Waals surface area contributed by atoms with Crippen LogP contribution in [0.1, 0.15) is 32.6 Å². The summed E-state index contributed by atoms with van der Waals surface area (Å²) in [7, 11) is 4.78. The van der Waals surface area contributed by atoms with E-state index in [-0.39, 0.29) is 43.2 Å². The van der Waals surface area contributed by atoms with Crippen molar-refractivity contribution in [2.45, 2.75) is 101 Å². The quantitative estimate of drug-likeness (QED) is 0.212. The van der Waals surface area contributed by atoms with Crippen LogP contribution in [0.25, 0.3) is 10.4 Å². The molecule has 250 valence electrons. The number of azide groups is 1. The van der Waals surface area contributed by atoms with Crippen molar-refractivity contribution in [3.8, 4) is 0 Å². The van der Waals surface area contributed by atoms with Crippen LogP contribution >= 0.6 is 0 Å². The molecule has 0 amide bonds. The van der Waals surface area contributed by atoms with Gasteiger partial charge in [-0.2, -0.15) is 0 Å². The Morgan fingerprint density at radius 1 is 0.778 bits per heavy atom. The normalized spacial score (nSPS) is 46.3. The van der Waals surface area contributed by atoms with E-state index in [9.17, 15) is 0 Å². The lowest BCUT2D eigenvalue weighted by Crippen LogP contribution is -2.63. The average Bonchev–Trinajstić information content (AvgIpc) is 3.49. The fraction of sp³-hybridized carbons (Fsp3) is 0.806. The van der Waals surface area contributed by atoms with E-state index in [1.54, 1.807) is 21.3 Å². The standard InChI is InChI=1S/C31H45N3O11/c1-15-16(2)28(40-20-13-38-29(44-23(15)20)18-10-8-7-9-11-18)43-24-17(3)25(36-5)31(42-19(24)12-35-4)45-26-21-14-39-30(41-21)22(33-34-32)27(26)37-6/h7-11,15-17,19-31H,12-14H2,1-6H3/t15?,16?,17?,19-,20-,21?,22?,23-,24-,25?,26-,27-,28+,29?,30+,31-/m0/s1. The zero-order valence-electron chi connectivity index (χ0n) is 26.6. The first-order valence-electron chi connectivity index (χ1n) is 15.7. The van der Waals surface area contributed by atoms with Crippen LogP contribution in [0.2, 0.25) is 0 Å². The van der Waals surface area contributed by atoms with Gasteiger partial charge in [-0.05, 0) is 11.4 Å². The van der Waals surface area contributed by atoms with Gasteiger partial charge in [-0.3, -0.25) is 0 Å². The van der Waals surface area contributed by atoms with Crippen molar-refractivity contribution in [3.05, 3.63) is 46.3 Å². The SMILES string of the molecule is COC[C@@H]1O[C@@H](O[C@H]2C3CO[C@H](O3)C(N=[N+]=[N-])[C@@H]2OC)C(OC)C(C)[C@@H]1O[C@H]1O[C@H]2COC(c3ccccc3)O[C@H]2C(C)C1C. The first-order valence-corrected chi connectivity index (χ1v) is 15.7. The Labute approximate surface area is 263 Å². The molecule has 16 atom stereocenters. The van der Waals surface area contributed by atoms with Crippen LogP contribution in [-0.2, 0) is 52.1 Å². The Balaban J connectivity index is 1.15. The second kappa shape index (κ2) is 14.5. The second-order valence-electron chi connectivity index (χ2n) is 12.5. The van der Waals surface area contributed by atoms with Crippen molar-refractivity contribution >= 4 is 0 Å². The van der Waals surface area contributed by atoms with Gasteiger partial charge < -0.3 is 52.1 Å². The molecule has 0 aromatic heterocycles. The maximum atomic E-state index is 9.15. The van der Waals surface area contributed by atoms with Crippen LogP contribution in [-0.4, -0.2) is 115 Å². The van der Waals surface area contributed by atoms with Crippen molar-refractivity contribution in [2.75, 3.05) is 41.2 Å². The zero-order valence-corrected chi connectivity index (χ0v) is 26.6. The summed E-state index contributed by atoms with van der Waals surface area (Å²) in [5.74, 6) is -0.0384. The van der Waals surface area contributed by atoms with Gasteiger partial charge in [0.25, 0.3) is 0 Å². The molecule has 2 bridgehead atoms. The molecule has 5 aliphatic heterocycles. The van der Waals surface area contributed by atoms with Crippen molar-refractivity contribution in [1.29, 1.82) is 0 Å². The van der Waals surface area contributed by atoms with E-state index in [4.69, 9.17) is 57.6 Å². The summed E-state index contributed by atoms with van der Waals surface area (Å²) < 4.78 is 67.8. The van der Waals surface area contributed by atoms with Crippen LogP contribution in [0.15, 0.2) is 35.4 Å². The van der Waals surface area contributed by atoms with Gasteiger partial charge in [0.05, 0.1) is 38.1 Å². The van der Waals surface area contributed by atoms with Gasteiger partial charge in [0.15, 0.2) is 25.2 Å². The monoisotopic (exact) mass is 635 g/mol. The molecule has 1 aromatic carbocycles. The average molecular weight is 636 g/mol. The number of ether oxygens (including phenoxy) is 11. The third-order valence-corrected chi connectivity index (χ3v) is 9.88. The van der Waals surface area contributed by atoms with Gasteiger partial charge in [-0.15, -0.1) is 0 Å². The molecule has 6 rings (SSSR count). The van der Waals surface area contributed by atoms with Gasteiger partial charge >= 0.3 is 0 Å². The van der Waals surface area contributed by atoms with E-state index in [2.05, 4.69) is 23.9 Å². The highest BCUT2D eigenvalue weighted by Gasteiger charge is 2.55. The zero-order chi connectivity index (χ0) is 31.7. The molecule has 0 radical (unpaired) electrons. The highest BCUT2D eigenvalue weighted by atomic mass is 16.8. The van der Waals surface area contributed by atoms with Crippen LogP contribution in [0.4, 0.5) is 0 Å². The number of rotatable bonds is 10. The highest BCUT2D eigenvalue weighted by molar-refractivity contribution is 5.16. The fourth-order valence-corrected chi connectivity index (χ4v) is 7.24. The summed E-state index contributed by atoms with van der Waals surface area (Å²) in [6.07, 6.45) is -6.03.